The van der Waals surface area contributed by atoms with Gasteiger partial charge in [-0.1, -0.05) is 6.92 Å². The Morgan fingerprint density at radius 1 is 1.14 bits per heavy atom. The van der Waals surface area contributed by atoms with Gasteiger partial charge in [-0.05, 0) is 45.7 Å². The minimum atomic E-state index is 0.620. The molecule has 1 aromatic rings. The molecule has 0 amide bonds. The molecule has 2 N–H and O–H groups in total. The number of rotatable bonds is 5. The molecule has 1 saturated heterocycles. The molecule has 0 saturated carbocycles. The van der Waals surface area contributed by atoms with E-state index < -0.39 is 0 Å². The molecule has 118 valence electrons. The van der Waals surface area contributed by atoms with Crippen molar-refractivity contribution in [2.24, 2.45) is 5.73 Å². The number of anilines is 1. The molecule has 1 aromatic heterocycles. The van der Waals surface area contributed by atoms with E-state index in [4.69, 9.17) is 5.73 Å². The normalized spacial score (nSPS) is 18.6. The van der Waals surface area contributed by atoms with E-state index >= 15 is 0 Å². The number of aryl methyl sites for hydroxylation is 2. The molecular weight excluding hydrogens is 262 g/mol. The molecule has 21 heavy (non-hydrogen) atoms. The summed E-state index contributed by atoms with van der Waals surface area (Å²) >= 11 is 0. The van der Waals surface area contributed by atoms with Gasteiger partial charge in [0.15, 0.2) is 0 Å². The Kier molecular flexibility index (Phi) is 5.94. The molecule has 0 aliphatic carbocycles. The summed E-state index contributed by atoms with van der Waals surface area (Å²) in [5.74, 6) is 0.890. The maximum atomic E-state index is 5.75. The molecule has 2 heterocycles. The molecule has 1 aliphatic heterocycles. The second-order valence-corrected chi connectivity index (χ2v) is 5.97. The zero-order valence-electron chi connectivity index (χ0n) is 13.7. The van der Waals surface area contributed by atoms with Crippen LogP contribution in [0.3, 0.4) is 0 Å². The van der Waals surface area contributed by atoms with Crippen LogP contribution in [0.15, 0.2) is 6.07 Å². The molecule has 2 rings (SSSR count). The van der Waals surface area contributed by atoms with Crippen LogP contribution in [-0.2, 0) is 0 Å². The summed E-state index contributed by atoms with van der Waals surface area (Å²) in [6.07, 6.45) is 3.44. The third-order valence-corrected chi connectivity index (χ3v) is 4.27. The lowest BCUT2D eigenvalue weighted by Crippen LogP contribution is -2.39. The molecule has 1 unspecified atom stereocenters. The molecule has 1 atom stereocenters. The fourth-order valence-corrected chi connectivity index (χ4v) is 3.19. The van der Waals surface area contributed by atoms with Gasteiger partial charge in [0.25, 0.3) is 0 Å². The molecule has 1 fully saturated rings. The molecule has 0 radical (unpaired) electrons. The molecule has 0 bridgehead atoms. The highest BCUT2D eigenvalue weighted by Crippen LogP contribution is 2.16. The van der Waals surface area contributed by atoms with Crippen molar-refractivity contribution in [2.45, 2.75) is 46.1 Å². The van der Waals surface area contributed by atoms with Crippen molar-refractivity contribution in [1.29, 1.82) is 0 Å². The average Bonchev–Trinajstić information content (AvgIpc) is 2.69. The van der Waals surface area contributed by atoms with E-state index in [0.29, 0.717) is 6.04 Å². The number of aromatic nitrogens is 2. The molecule has 5 nitrogen and oxygen atoms in total. The lowest BCUT2D eigenvalue weighted by Gasteiger charge is -2.29. The van der Waals surface area contributed by atoms with Crippen LogP contribution in [0.5, 0.6) is 0 Å². The summed E-state index contributed by atoms with van der Waals surface area (Å²) in [6, 6.07) is 2.65. The molecule has 0 spiro atoms. The SMILES string of the molecule is CCC(CCN)N1CCCN(c2nc(C)cc(C)n2)CC1. The van der Waals surface area contributed by atoms with Gasteiger partial charge in [-0.2, -0.15) is 0 Å². The van der Waals surface area contributed by atoms with Gasteiger partial charge < -0.3 is 10.6 Å². The van der Waals surface area contributed by atoms with E-state index in [9.17, 15) is 0 Å². The van der Waals surface area contributed by atoms with E-state index in [1.807, 2.05) is 19.9 Å². The second kappa shape index (κ2) is 7.71. The first-order valence-corrected chi connectivity index (χ1v) is 8.15. The monoisotopic (exact) mass is 291 g/mol. The van der Waals surface area contributed by atoms with Crippen LogP contribution in [0.2, 0.25) is 0 Å². The van der Waals surface area contributed by atoms with Gasteiger partial charge in [0.05, 0.1) is 0 Å². The summed E-state index contributed by atoms with van der Waals surface area (Å²) in [5.41, 5.74) is 7.84. The Labute approximate surface area is 128 Å². The molecule has 5 heteroatoms. The molecular formula is C16H29N5. The smallest absolute Gasteiger partial charge is 0.225 e. The summed E-state index contributed by atoms with van der Waals surface area (Å²) in [5, 5.41) is 0. The first-order valence-electron chi connectivity index (χ1n) is 8.15. The van der Waals surface area contributed by atoms with Gasteiger partial charge in [-0.3, -0.25) is 4.90 Å². The average molecular weight is 291 g/mol. The lowest BCUT2D eigenvalue weighted by atomic mass is 10.1. The van der Waals surface area contributed by atoms with E-state index in [-0.39, 0.29) is 0 Å². The fourth-order valence-electron chi connectivity index (χ4n) is 3.19. The van der Waals surface area contributed by atoms with Gasteiger partial charge in [0.2, 0.25) is 5.95 Å². The largest absolute Gasteiger partial charge is 0.339 e. The summed E-state index contributed by atoms with van der Waals surface area (Å²) in [7, 11) is 0. The zero-order chi connectivity index (χ0) is 15.2. The number of nitrogens with zero attached hydrogens (tertiary/aromatic N) is 4. The maximum Gasteiger partial charge on any atom is 0.225 e. The Morgan fingerprint density at radius 3 is 2.48 bits per heavy atom. The zero-order valence-corrected chi connectivity index (χ0v) is 13.7. The van der Waals surface area contributed by atoms with E-state index in [1.54, 1.807) is 0 Å². The van der Waals surface area contributed by atoms with Crippen molar-refractivity contribution in [1.82, 2.24) is 14.9 Å². The number of nitrogens with two attached hydrogens (primary N) is 1. The number of hydrogen-bond acceptors (Lipinski definition) is 5. The third kappa shape index (κ3) is 4.38. The first kappa shape index (κ1) is 16.2. The second-order valence-electron chi connectivity index (χ2n) is 5.97. The summed E-state index contributed by atoms with van der Waals surface area (Å²) in [6.45, 7) is 11.4. The van der Waals surface area contributed by atoms with Crippen molar-refractivity contribution < 1.29 is 0 Å². The quantitative estimate of drug-likeness (QED) is 0.895. The maximum absolute atomic E-state index is 5.75. The highest BCUT2D eigenvalue weighted by atomic mass is 15.3. The fraction of sp³-hybridized carbons (Fsp3) is 0.750. The highest BCUT2D eigenvalue weighted by molar-refractivity contribution is 5.32. The predicted molar refractivity (Wildman–Crippen MR) is 87.7 cm³/mol. The van der Waals surface area contributed by atoms with Crippen LogP contribution in [0, 0.1) is 13.8 Å². The summed E-state index contributed by atoms with van der Waals surface area (Å²) < 4.78 is 0. The standard InChI is InChI=1S/C16H29N5/c1-4-15(6-7-17)20-8-5-9-21(11-10-20)16-18-13(2)12-14(3)19-16/h12,15H,4-11,17H2,1-3H3. The van der Waals surface area contributed by atoms with Crippen molar-refractivity contribution in [2.75, 3.05) is 37.6 Å². The summed E-state index contributed by atoms with van der Waals surface area (Å²) in [4.78, 5) is 14.1. The van der Waals surface area contributed by atoms with Crippen LogP contribution in [-0.4, -0.2) is 53.6 Å². The van der Waals surface area contributed by atoms with Crippen LogP contribution in [0.1, 0.15) is 37.6 Å². The Balaban J connectivity index is 2.03. The van der Waals surface area contributed by atoms with Gasteiger partial charge >= 0.3 is 0 Å². The molecule has 1 aliphatic rings. The van der Waals surface area contributed by atoms with E-state index in [1.165, 1.54) is 6.42 Å². The van der Waals surface area contributed by atoms with Crippen LogP contribution in [0.4, 0.5) is 5.95 Å². The van der Waals surface area contributed by atoms with Crippen molar-refractivity contribution in [3.05, 3.63) is 17.5 Å². The minimum absolute atomic E-state index is 0.620. The van der Waals surface area contributed by atoms with Crippen LogP contribution in [0.25, 0.3) is 0 Å². The van der Waals surface area contributed by atoms with Crippen LogP contribution < -0.4 is 10.6 Å². The Hall–Kier alpha value is -1.20. The number of hydrogen-bond donors (Lipinski definition) is 1. The lowest BCUT2D eigenvalue weighted by molar-refractivity contribution is 0.196. The Morgan fingerprint density at radius 2 is 1.86 bits per heavy atom. The minimum Gasteiger partial charge on any atom is -0.339 e. The Bertz CT molecular complexity index is 428. The molecule has 0 aromatic carbocycles. The topological polar surface area (TPSA) is 58.3 Å². The third-order valence-electron chi connectivity index (χ3n) is 4.27. The van der Waals surface area contributed by atoms with Gasteiger partial charge in [-0.15, -0.1) is 0 Å². The van der Waals surface area contributed by atoms with Gasteiger partial charge in [0, 0.05) is 43.6 Å². The predicted octanol–water partition coefficient (Wildman–Crippen LogP) is 1.73. The van der Waals surface area contributed by atoms with Crippen LogP contribution >= 0.6 is 0 Å². The van der Waals surface area contributed by atoms with Gasteiger partial charge in [-0.25, -0.2) is 9.97 Å². The van der Waals surface area contributed by atoms with E-state index in [0.717, 1.165) is 62.9 Å². The van der Waals surface area contributed by atoms with E-state index in [2.05, 4.69) is 26.7 Å². The highest BCUT2D eigenvalue weighted by Gasteiger charge is 2.21. The first-order chi connectivity index (χ1) is 10.1. The van der Waals surface area contributed by atoms with Crippen molar-refractivity contribution >= 4 is 5.95 Å². The van der Waals surface area contributed by atoms with Crippen molar-refractivity contribution in [3.63, 3.8) is 0 Å². The van der Waals surface area contributed by atoms with Gasteiger partial charge in [0.1, 0.15) is 0 Å². The van der Waals surface area contributed by atoms with Crippen molar-refractivity contribution in [3.8, 4) is 0 Å².